The molecule has 0 spiro atoms. The molecule has 5 heteroatoms. The molecule has 3 heterocycles. The third-order valence-corrected chi connectivity index (χ3v) is 5.45. The van der Waals surface area contributed by atoms with Crippen LogP contribution in [0, 0.1) is 11.8 Å². The molecular weight excluding hydrogens is 276 g/mol. The summed E-state index contributed by atoms with van der Waals surface area (Å²) in [6.45, 7) is 6.23. The van der Waals surface area contributed by atoms with Crippen molar-refractivity contribution in [1.82, 2.24) is 20.4 Å². The van der Waals surface area contributed by atoms with Crippen LogP contribution in [-0.2, 0) is 4.79 Å². The number of hydrogen-bond donors (Lipinski definition) is 2. The molecule has 5 nitrogen and oxygen atoms in total. The summed E-state index contributed by atoms with van der Waals surface area (Å²) in [4.78, 5) is 14.6. The van der Waals surface area contributed by atoms with Crippen LogP contribution in [0.5, 0.6) is 0 Å². The molecule has 22 heavy (non-hydrogen) atoms. The lowest BCUT2D eigenvalue weighted by Gasteiger charge is -2.34. The van der Waals surface area contributed by atoms with Gasteiger partial charge in [-0.25, -0.2) is 0 Å². The Morgan fingerprint density at radius 3 is 2.86 bits per heavy atom. The van der Waals surface area contributed by atoms with Crippen LogP contribution in [0.1, 0.15) is 50.6 Å². The Bertz CT molecular complexity index is 459. The fourth-order valence-corrected chi connectivity index (χ4v) is 3.87. The van der Waals surface area contributed by atoms with E-state index in [1.54, 1.807) is 0 Å². The second-order valence-electron chi connectivity index (χ2n) is 6.95. The van der Waals surface area contributed by atoms with Gasteiger partial charge in [-0.2, -0.15) is 5.10 Å². The first-order valence-electron chi connectivity index (χ1n) is 8.72. The summed E-state index contributed by atoms with van der Waals surface area (Å²) < 4.78 is 0. The first kappa shape index (κ1) is 15.5. The molecule has 1 amide bonds. The summed E-state index contributed by atoms with van der Waals surface area (Å²) in [7, 11) is 0. The zero-order chi connectivity index (χ0) is 15.4. The summed E-state index contributed by atoms with van der Waals surface area (Å²) in [5.41, 5.74) is 1.22. The zero-order valence-electron chi connectivity index (χ0n) is 13.6. The van der Waals surface area contributed by atoms with E-state index < -0.39 is 0 Å². The predicted octanol–water partition coefficient (Wildman–Crippen LogP) is 2.14. The van der Waals surface area contributed by atoms with Gasteiger partial charge in [-0.05, 0) is 56.7 Å². The normalized spacial score (nSPS) is 25.1. The SMILES string of the molecule is CC(CC(=O)N1CCC(c2ccn[nH]2)CC1)C1CCCNC1. The summed E-state index contributed by atoms with van der Waals surface area (Å²) >= 11 is 0. The number of rotatable bonds is 4. The van der Waals surface area contributed by atoms with Gasteiger partial charge in [0.25, 0.3) is 0 Å². The molecule has 3 rings (SSSR count). The maximum atomic E-state index is 12.5. The molecule has 2 aliphatic heterocycles. The van der Waals surface area contributed by atoms with Crippen molar-refractivity contribution in [3.05, 3.63) is 18.0 Å². The van der Waals surface area contributed by atoms with Gasteiger partial charge in [0.05, 0.1) is 0 Å². The lowest BCUT2D eigenvalue weighted by molar-refractivity contribution is -0.133. The number of aromatic nitrogens is 2. The van der Waals surface area contributed by atoms with Gasteiger partial charge < -0.3 is 10.2 Å². The van der Waals surface area contributed by atoms with Crippen LogP contribution in [-0.4, -0.2) is 47.2 Å². The molecule has 0 saturated carbocycles. The Morgan fingerprint density at radius 1 is 1.41 bits per heavy atom. The smallest absolute Gasteiger partial charge is 0.222 e. The topological polar surface area (TPSA) is 61.0 Å². The van der Waals surface area contributed by atoms with Crippen molar-refractivity contribution in [2.45, 2.75) is 44.9 Å². The highest BCUT2D eigenvalue weighted by atomic mass is 16.2. The molecule has 2 unspecified atom stereocenters. The van der Waals surface area contributed by atoms with Crippen molar-refractivity contribution >= 4 is 5.91 Å². The molecule has 0 radical (unpaired) electrons. The maximum Gasteiger partial charge on any atom is 0.222 e. The fraction of sp³-hybridized carbons (Fsp3) is 0.765. The predicted molar refractivity (Wildman–Crippen MR) is 86.5 cm³/mol. The highest BCUT2D eigenvalue weighted by Crippen LogP contribution is 2.28. The Balaban J connectivity index is 1.45. The fourth-order valence-electron chi connectivity index (χ4n) is 3.87. The molecule has 0 aliphatic carbocycles. The number of carbonyl (C=O) groups is 1. The second kappa shape index (κ2) is 7.27. The first-order chi connectivity index (χ1) is 10.7. The molecule has 122 valence electrons. The van der Waals surface area contributed by atoms with Gasteiger partial charge in [-0.1, -0.05) is 6.92 Å². The lowest BCUT2D eigenvalue weighted by Crippen LogP contribution is -2.40. The number of piperidine rings is 2. The van der Waals surface area contributed by atoms with E-state index in [4.69, 9.17) is 0 Å². The largest absolute Gasteiger partial charge is 0.343 e. The third kappa shape index (κ3) is 3.69. The van der Waals surface area contributed by atoms with Crippen molar-refractivity contribution in [2.75, 3.05) is 26.2 Å². The summed E-state index contributed by atoms with van der Waals surface area (Å²) in [6.07, 6.45) is 7.14. The van der Waals surface area contributed by atoms with Crippen molar-refractivity contribution in [2.24, 2.45) is 11.8 Å². The third-order valence-electron chi connectivity index (χ3n) is 5.45. The summed E-state index contributed by atoms with van der Waals surface area (Å²) in [5.74, 6) is 2.04. The number of H-pyrrole nitrogens is 1. The van der Waals surface area contributed by atoms with E-state index in [1.807, 2.05) is 6.20 Å². The maximum absolute atomic E-state index is 12.5. The molecule has 2 aliphatic rings. The van der Waals surface area contributed by atoms with Crippen molar-refractivity contribution < 1.29 is 4.79 Å². The minimum absolute atomic E-state index is 0.348. The van der Waals surface area contributed by atoms with Gasteiger partial charge in [0, 0.05) is 37.3 Å². The molecular formula is C17H28N4O. The minimum Gasteiger partial charge on any atom is -0.343 e. The van der Waals surface area contributed by atoms with Crippen LogP contribution in [0.25, 0.3) is 0 Å². The molecule has 1 aromatic rings. The summed E-state index contributed by atoms with van der Waals surface area (Å²) in [5, 5.41) is 10.6. The van der Waals surface area contributed by atoms with E-state index in [0.29, 0.717) is 30.1 Å². The van der Waals surface area contributed by atoms with Gasteiger partial charge in [0.15, 0.2) is 0 Å². The number of aromatic amines is 1. The molecule has 1 aromatic heterocycles. The molecule has 2 atom stereocenters. The van der Waals surface area contributed by atoms with Crippen LogP contribution in [0.3, 0.4) is 0 Å². The van der Waals surface area contributed by atoms with Crippen LogP contribution >= 0.6 is 0 Å². The molecule has 2 fully saturated rings. The van der Waals surface area contributed by atoms with E-state index in [0.717, 1.165) is 39.0 Å². The van der Waals surface area contributed by atoms with E-state index in [9.17, 15) is 4.79 Å². The number of nitrogens with zero attached hydrogens (tertiary/aromatic N) is 2. The number of carbonyl (C=O) groups excluding carboxylic acids is 1. The average Bonchev–Trinajstić information content (AvgIpc) is 3.10. The average molecular weight is 304 g/mol. The Hall–Kier alpha value is -1.36. The number of amides is 1. The Morgan fingerprint density at radius 2 is 2.23 bits per heavy atom. The van der Waals surface area contributed by atoms with E-state index in [1.165, 1.54) is 18.5 Å². The van der Waals surface area contributed by atoms with E-state index >= 15 is 0 Å². The van der Waals surface area contributed by atoms with Crippen LogP contribution in [0.2, 0.25) is 0 Å². The highest BCUT2D eigenvalue weighted by molar-refractivity contribution is 5.76. The number of likely N-dealkylation sites (tertiary alicyclic amines) is 1. The van der Waals surface area contributed by atoms with Gasteiger partial charge >= 0.3 is 0 Å². The highest BCUT2D eigenvalue weighted by Gasteiger charge is 2.27. The number of nitrogens with one attached hydrogen (secondary N) is 2. The Kier molecular flexibility index (Phi) is 5.13. The van der Waals surface area contributed by atoms with Crippen LogP contribution in [0.4, 0.5) is 0 Å². The minimum atomic E-state index is 0.348. The molecule has 2 saturated heterocycles. The van der Waals surface area contributed by atoms with Crippen LogP contribution in [0.15, 0.2) is 12.3 Å². The van der Waals surface area contributed by atoms with Crippen molar-refractivity contribution in [3.63, 3.8) is 0 Å². The monoisotopic (exact) mass is 304 g/mol. The molecule has 0 bridgehead atoms. The second-order valence-corrected chi connectivity index (χ2v) is 6.95. The lowest BCUT2D eigenvalue weighted by atomic mass is 9.85. The molecule has 2 N–H and O–H groups in total. The first-order valence-corrected chi connectivity index (χ1v) is 8.72. The van der Waals surface area contributed by atoms with Gasteiger partial charge in [0.2, 0.25) is 5.91 Å². The Labute approximate surface area is 132 Å². The standard InChI is InChI=1S/C17H28N4O/c1-13(15-3-2-7-18-12-15)11-17(22)21-9-5-14(6-10-21)16-4-8-19-20-16/h4,8,13-15,18H,2-3,5-7,9-12H2,1H3,(H,19,20). The van der Waals surface area contributed by atoms with E-state index in [-0.39, 0.29) is 0 Å². The van der Waals surface area contributed by atoms with E-state index in [2.05, 4.69) is 33.4 Å². The van der Waals surface area contributed by atoms with Gasteiger partial charge in [-0.3, -0.25) is 9.89 Å². The number of hydrogen-bond acceptors (Lipinski definition) is 3. The van der Waals surface area contributed by atoms with Crippen LogP contribution < -0.4 is 5.32 Å². The van der Waals surface area contributed by atoms with Gasteiger partial charge in [-0.15, -0.1) is 0 Å². The quantitative estimate of drug-likeness (QED) is 0.896. The van der Waals surface area contributed by atoms with Crippen molar-refractivity contribution in [1.29, 1.82) is 0 Å². The van der Waals surface area contributed by atoms with Gasteiger partial charge in [0.1, 0.15) is 0 Å². The molecule has 0 aromatic carbocycles. The van der Waals surface area contributed by atoms with Crippen molar-refractivity contribution in [3.8, 4) is 0 Å². The zero-order valence-corrected chi connectivity index (χ0v) is 13.6. The summed E-state index contributed by atoms with van der Waals surface area (Å²) in [6, 6.07) is 2.06.